The van der Waals surface area contributed by atoms with Gasteiger partial charge in [-0.3, -0.25) is 4.90 Å². The summed E-state index contributed by atoms with van der Waals surface area (Å²) < 4.78 is 0. The summed E-state index contributed by atoms with van der Waals surface area (Å²) in [6.45, 7) is 7.81. The van der Waals surface area contributed by atoms with Crippen LogP contribution in [0.25, 0.3) is 0 Å². The lowest BCUT2D eigenvalue weighted by Gasteiger charge is -2.21. The van der Waals surface area contributed by atoms with Crippen molar-refractivity contribution < 1.29 is 0 Å². The average Bonchev–Trinajstić information content (AvgIpc) is 3.00. The molecule has 2 saturated heterocycles. The summed E-state index contributed by atoms with van der Waals surface area (Å²) >= 11 is 1.94. The zero-order valence-electron chi connectivity index (χ0n) is 14.1. The second-order valence-electron chi connectivity index (χ2n) is 7.58. The number of likely N-dealkylation sites (tertiary alicyclic amines) is 1. The van der Waals surface area contributed by atoms with Crippen LogP contribution >= 0.6 is 11.3 Å². The van der Waals surface area contributed by atoms with Crippen LogP contribution in [0.3, 0.4) is 0 Å². The fourth-order valence-electron chi connectivity index (χ4n) is 4.15. The molecule has 2 aromatic rings. The summed E-state index contributed by atoms with van der Waals surface area (Å²) in [6.07, 6.45) is 6.49. The van der Waals surface area contributed by atoms with E-state index < -0.39 is 0 Å². The zero-order valence-corrected chi connectivity index (χ0v) is 14.9. The molecular formula is C18H23N5S. The number of aryl methyl sites for hydroxylation is 1. The van der Waals surface area contributed by atoms with Gasteiger partial charge in [0.05, 0.1) is 5.01 Å². The minimum absolute atomic E-state index is 0.774. The monoisotopic (exact) mass is 341 g/mol. The Bertz CT molecular complexity index is 727. The third-order valence-electron chi connectivity index (χ3n) is 5.55. The molecule has 0 aromatic carbocycles. The summed E-state index contributed by atoms with van der Waals surface area (Å²) in [6, 6.07) is 2.11. The van der Waals surface area contributed by atoms with Crippen LogP contribution in [0.15, 0.2) is 18.6 Å². The summed E-state index contributed by atoms with van der Waals surface area (Å²) in [4.78, 5) is 19.8. The molecular weight excluding hydrogens is 318 g/mol. The van der Waals surface area contributed by atoms with E-state index in [4.69, 9.17) is 0 Å². The number of rotatable bonds is 4. The van der Waals surface area contributed by atoms with Crippen molar-refractivity contribution >= 4 is 17.2 Å². The van der Waals surface area contributed by atoms with Crippen LogP contribution in [0.4, 0.5) is 5.82 Å². The first-order valence-corrected chi connectivity index (χ1v) is 9.77. The molecule has 24 heavy (non-hydrogen) atoms. The van der Waals surface area contributed by atoms with Crippen molar-refractivity contribution in [2.75, 3.05) is 31.1 Å². The van der Waals surface area contributed by atoms with Crippen LogP contribution in [-0.2, 0) is 6.54 Å². The molecule has 1 saturated carbocycles. The predicted molar refractivity (Wildman–Crippen MR) is 95.3 cm³/mol. The Hall–Kier alpha value is -1.53. The molecule has 0 N–H and O–H groups in total. The van der Waals surface area contributed by atoms with Crippen molar-refractivity contribution in [3.05, 3.63) is 34.2 Å². The highest BCUT2D eigenvalue weighted by Gasteiger charge is 2.40. The first kappa shape index (κ1) is 14.8. The molecule has 3 aliphatic rings. The van der Waals surface area contributed by atoms with Gasteiger partial charge in [-0.25, -0.2) is 15.0 Å². The Kier molecular flexibility index (Phi) is 3.56. The van der Waals surface area contributed by atoms with Crippen molar-refractivity contribution in [3.63, 3.8) is 0 Å². The van der Waals surface area contributed by atoms with Crippen LogP contribution in [0, 0.1) is 18.8 Å². The Labute approximate surface area is 146 Å². The molecule has 2 aromatic heterocycles. The van der Waals surface area contributed by atoms with Crippen molar-refractivity contribution in [2.45, 2.75) is 32.2 Å². The Morgan fingerprint density at radius 3 is 2.58 bits per heavy atom. The second-order valence-corrected chi connectivity index (χ2v) is 8.72. The molecule has 2 unspecified atom stereocenters. The van der Waals surface area contributed by atoms with E-state index in [1.807, 2.05) is 18.3 Å². The molecule has 0 radical (unpaired) electrons. The zero-order chi connectivity index (χ0) is 16.1. The molecule has 0 spiro atoms. The predicted octanol–water partition coefficient (Wildman–Crippen LogP) is 2.69. The van der Waals surface area contributed by atoms with Gasteiger partial charge in [-0.1, -0.05) is 0 Å². The molecule has 5 nitrogen and oxygen atoms in total. The standard InChI is InChI=1S/C18H23N5S/c1-12-4-17(21-11-20-12)23-8-14-6-22(7-15(14)9-23)10-16-5-19-18(24-16)13-2-3-13/h4-5,11,13-15H,2-3,6-10H2,1H3. The molecule has 0 bridgehead atoms. The van der Waals surface area contributed by atoms with E-state index in [0.717, 1.165) is 48.9 Å². The highest BCUT2D eigenvalue weighted by atomic mass is 32.1. The highest BCUT2D eigenvalue weighted by molar-refractivity contribution is 7.11. The van der Waals surface area contributed by atoms with Gasteiger partial charge in [0, 0.05) is 61.5 Å². The maximum Gasteiger partial charge on any atom is 0.132 e. The van der Waals surface area contributed by atoms with Crippen LogP contribution in [0.5, 0.6) is 0 Å². The van der Waals surface area contributed by atoms with Crippen LogP contribution in [0.1, 0.15) is 34.3 Å². The van der Waals surface area contributed by atoms with Gasteiger partial charge in [0.2, 0.25) is 0 Å². The van der Waals surface area contributed by atoms with Crippen LogP contribution < -0.4 is 4.90 Å². The van der Waals surface area contributed by atoms with E-state index in [1.165, 1.54) is 35.8 Å². The number of aromatic nitrogens is 3. The number of thiazole rings is 1. The van der Waals surface area contributed by atoms with E-state index in [-0.39, 0.29) is 0 Å². The molecule has 5 rings (SSSR count). The number of nitrogens with zero attached hydrogens (tertiary/aromatic N) is 5. The van der Waals surface area contributed by atoms with Gasteiger partial charge in [-0.05, 0) is 31.6 Å². The van der Waals surface area contributed by atoms with Crippen molar-refractivity contribution in [1.29, 1.82) is 0 Å². The highest BCUT2D eigenvalue weighted by Crippen LogP contribution is 2.42. The largest absolute Gasteiger partial charge is 0.356 e. The topological polar surface area (TPSA) is 45.2 Å². The van der Waals surface area contributed by atoms with Gasteiger partial charge in [-0.15, -0.1) is 11.3 Å². The minimum Gasteiger partial charge on any atom is -0.356 e. The molecule has 2 aliphatic heterocycles. The normalized spacial score (nSPS) is 27.0. The quantitative estimate of drug-likeness (QED) is 0.855. The Balaban J connectivity index is 1.20. The van der Waals surface area contributed by atoms with E-state index in [0.29, 0.717) is 0 Å². The lowest BCUT2D eigenvalue weighted by molar-refractivity contribution is 0.311. The molecule has 0 amide bonds. The van der Waals surface area contributed by atoms with E-state index in [2.05, 4.69) is 37.0 Å². The second kappa shape index (κ2) is 5.77. The number of anilines is 1. The van der Waals surface area contributed by atoms with E-state index >= 15 is 0 Å². The third-order valence-corrected chi connectivity index (χ3v) is 6.70. The first-order valence-electron chi connectivity index (χ1n) is 8.95. The number of fused-ring (bicyclic) bond motifs is 1. The summed E-state index contributed by atoms with van der Waals surface area (Å²) in [5.74, 6) is 3.43. The van der Waals surface area contributed by atoms with Gasteiger partial charge in [0.15, 0.2) is 0 Å². The van der Waals surface area contributed by atoms with Gasteiger partial charge in [0.25, 0.3) is 0 Å². The molecule has 126 valence electrons. The average molecular weight is 341 g/mol. The fraction of sp³-hybridized carbons (Fsp3) is 0.611. The minimum atomic E-state index is 0.774. The number of hydrogen-bond acceptors (Lipinski definition) is 6. The summed E-state index contributed by atoms with van der Waals surface area (Å²) in [5, 5.41) is 1.37. The Morgan fingerprint density at radius 1 is 1.08 bits per heavy atom. The molecule has 6 heteroatoms. The van der Waals surface area contributed by atoms with Gasteiger partial charge in [0.1, 0.15) is 12.1 Å². The van der Waals surface area contributed by atoms with Crippen molar-refractivity contribution in [3.8, 4) is 0 Å². The van der Waals surface area contributed by atoms with Gasteiger partial charge in [-0.2, -0.15) is 0 Å². The Morgan fingerprint density at radius 2 is 1.88 bits per heavy atom. The third kappa shape index (κ3) is 2.82. The fourth-order valence-corrected chi connectivity index (χ4v) is 5.28. The van der Waals surface area contributed by atoms with E-state index in [1.54, 1.807) is 6.33 Å². The lowest BCUT2D eigenvalue weighted by Crippen LogP contribution is -2.29. The first-order chi connectivity index (χ1) is 11.7. The SMILES string of the molecule is Cc1cc(N2CC3CN(Cc4cnc(C5CC5)s4)CC3C2)ncn1. The smallest absolute Gasteiger partial charge is 0.132 e. The maximum atomic E-state index is 4.62. The maximum absolute atomic E-state index is 4.62. The van der Waals surface area contributed by atoms with Crippen molar-refractivity contribution in [2.24, 2.45) is 11.8 Å². The van der Waals surface area contributed by atoms with Gasteiger partial charge < -0.3 is 4.90 Å². The molecule has 2 atom stereocenters. The molecule has 3 fully saturated rings. The molecule has 1 aliphatic carbocycles. The summed E-state index contributed by atoms with van der Waals surface area (Å²) in [7, 11) is 0. The van der Waals surface area contributed by atoms with Crippen LogP contribution in [-0.4, -0.2) is 46.0 Å². The van der Waals surface area contributed by atoms with E-state index in [9.17, 15) is 0 Å². The number of hydrogen-bond donors (Lipinski definition) is 0. The summed E-state index contributed by atoms with van der Waals surface area (Å²) in [5.41, 5.74) is 1.05. The lowest BCUT2D eigenvalue weighted by atomic mass is 10.0. The molecule has 4 heterocycles. The van der Waals surface area contributed by atoms with Crippen LogP contribution in [0.2, 0.25) is 0 Å². The van der Waals surface area contributed by atoms with Crippen molar-refractivity contribution in [1.82, 2.24) is 19.9 Å². The van der Waals surface area contributed by atoms with Gasteiger partial charge >= 0.3 is 0 Å².